The number of rotatable bonds is 6. The second-order valence-electron chi connectivity index (χ2n) is 3.48. The van der Waals surface area contributed by atoms with Crippen molar-refractivity contribution in [2.24, 2.45) is 5.92 Å². The first kappa shape index (κ1) is 16.0. The Kier molecular flexibility index (Phi) is 6.48. The fourth-order valence-corrected chi connectivity index (χ4v) is 1.09. The number of Topliss-reactive ketones (excluding diaryl/α,β-unsaturated/α-hetero) is 1. The molecule has 0 unspecified atom stereocenters. The minimum absolute atomic E-state index is 0.210. The minimum atomic E-state index is -0.901. The van der Waals surface area contributed by atoms with Crippen LogP contribution in [-0.2, 0) is 24.0 Å². The third-order valence-corrected chi connectivity index (χ3v) is 2.24. The average Bonchev–Trinajstić information content (AvgIpc) is 2.37. The Morgan fingerprint density at radius 1 is 1.33 bits per heavy atom. The van der Waals surface area contributed by atoms with Gasteiger partial charge in [-0.2, -0.15) is 4.79 Å². The van der Waals surface area contributed by atoms with E-state index < -0.39 is 29.3 Å². The highest BCUT2D eigenvalue weighted by molar-refractivity contribution is 6.63. The van der Waals surface area contributed by atoms with E-state index in [1.165, 1.54) is 28.2 Å². The lowest BCUT2D eigenvalue weighted by atomic mass is 9.98. The number of carbonyl (C=O) groups excluding carboxylic acids is 3. The van der Waals surface area contributed by atoms with E-state index in [9.17, 15) is 14.4 Å². The second-order valence-corrected chi connectivity index (χ2v) is 3.48. The van der Waals surface area contributed by atoms with Crippen molar-refractivity contribution in [2.45, 2.75) is 13.3 Å². The molecule has 100 valence electrons. The van der Waals surface area contributed by atoms with Crippen molar-refractivity contribution in [2.75, 3.05) is 21.3 Å². The Hall–Kier alpha value is -2.05. The van der Waals surface area contributed by atoms with E-state index in [-0.39, 0.29) is 6.42 Å². The summed E-state index contributed by atoms with van der Waals surface area (Å²) in [6.07, 6.45) is -0.210. The van der Waals surface area contributed by atoms with Gasteiger partial charge in [0.2, 0.25) is 0 Å². The molecule has 0 saturated heterocycles. The van der Waals surface area contributed by atoms with Crippen molar-refractivity contribution in [3.63, 3.8) is 0 Å². The molecule has 0 aliphatic rings. The molecule has 1 atom stereocenters. The van der Waals surface area contributed by atoms with Crippen molar-refractivity contribution < 1.29 is 28.7 Å². The predicted molar refractivity (Wildman–Crippen MR) is 59.2 cm³/mol. The fraction of sp³-hybridized carbons (Fsp3) is 0.600. The number of nitrogens with zero attached hydrogens (tertiary/aromatic N) is 3. The average molecular weight is 257 g/mol. The molecule has 0 aliphatic heterocycles. The lowest BCUT2D eigenvalue weighted by Crippen LogP contribution is -2.40. The van der Waals surface area contributed by atoms with Crippen LogP contribution in [0.5, 0.6) is 0 Å². The van der Waals surface area contributed by atoms with Crippen molar-refractivity contribution in [1.29, 1.82) is 0 Å². The molecule has 0 N–H and O–H groups in total. The highest BCUT2D eigenvalue weighted by Gasteiger charge is 2.36. The van der Waals surface area contributed by atoms with Gasteiger partial charge in [0.05, 0.1) is 20.6 Å². The molecular formula is C10H15N3O5. The number of ether oxygens (including phenoxy) is 1. The van der Waals surface area contributed by atoms with E-state index in [1.54, 1.807) is 0 Å². The highest BCUT2D eigenvalue weighted by Crippen LogP contribution is 2.06. The molecule has 0 heterocycles. The molecule has 0 aliphatic carbocycles. The molecule has 0 aromatic rings. The van der Waals surface area contributed by atoms with Crippen LogP contribution < -0.4 is 0 Å². The molecule has 0 fully saturated rings. The summed E-state index contributed by atoms with van der Waals surface area (Å²) in [7, 11) is 3.66. The third kappa shape index (κ3) is 4.08. The van der Waals surface area contributed by atoms with Crippen LogP contribution in [0.2, 0.25) is 0 Å². The maximum Gasteiger partial charge on any atom is 0.424 e. The van der Waals surface area contributed by atoms with E-state index in [2.05, 4.69) is 14.4 Å². The number of esters is 1. The Labute approximate surface area is 104 Å². The van der Waals surface area contributed by atoms with Gasteiger partial charge in [0.25, 0.3) is 5.78 Å². The van der Waals surface area contributed by atoms with Crippen LogP contribution >= 0.6 is 0 Å². The van der Waals surface area contributed by atoms with E-state index in [0.717, 1.165) is 5.06 Å². The second kappa shape index (κ2) is 7.31. The Morgan fingerprint density at radius 2 is 1.89 bits per heavy atom. The largest absolute Gasteiger partial charge is 0.469 e. The number of hydroxylamine groups is 2. The summed E-state index contributed by atoms with van der Waals surface area (Å²) >= 11 is 0. The molecule has 1 amide bonds. The van der Waals surface area contributed by atoms with E-state index in [0.29, 0.717) is 0 Å². The quantitative estimate of drug-likeness (QED) is 0.158. The summed E-state index contributed by atoms with van der Waals surface area (Å²) < 4.78 is 4.40. The molecule has 0 aromatic heterocycles. The topological polar surface area (TPSA) is 109 Å². The molecule has 0 saturated carbocycles. The van der Waals surface area contributed by atoms with Crippen molar-refractivity contribution in [3.05, 3.63) is 5.53 Å². The van der Waals surface area contributed by atoms with Crippen LogP contribution in [0.1, 0.15) is 13.3 Å². The summed E-state index contributed by atoms with van der Waals surface area (Å²) in [5.74, 6) is -3.10. The lowest BCUT2D eigenvalue weighted by Gasteiger charge is -2.11. The van der Waals surface area contributed by atoms with Crippen LogP contribution in [0.25, 0.3) is 5.53 Å². The standard InChI is InChI=1S/C10H15N3O5/c1-6(5-7(14)17-3)9(15)8(12-11)10(16)13(2)18-4/h6H,5H2,1-4H3/t6-/m0/s1. The Bertz CT molecular complexity index is 400. The van der Waals surface area contributed by atoms with E-state index in [4.69, 9.17) is 5.53 Å². The predicted octanol–water partition coefficient (Wildman–Crippen LogP) is -0.555. The smallest absolute Gasteiger partial charge is 0.424 e. The van der Waals surface area contributed by atoms with Gasteiger partial charge in [-0.1, -0.05) is 6.92 Å². The van der Waals surface area contributed by atoms with Crippen LogP contribution in [0, 0.1) is 5.92 Å². The van der Waals surface area contributed by atoms with Crippen molar-refractivity contribution >= 4 is 23.4 Å². The van der Waals surface area contributed by atoms with Gasteiger partial charge in [-0.15, -0.1) is 0 Å². The number of ketones is 1. The van der Waals surface area contributed by atoms with Crippen LogP contribution in [-0.4, -0.2) is 54.5 Å². The van der Waals surface area contributed by atoms with Crippen molar-refractivity contribution in [3.8, 4) is 0 Å². The zero-order valence-corrected chi connectivity index (χ0v) is 10.7. The first-order valence-electron chi connectivity index (χ1n) is 5.04. The molecule has 0 radical (unpaired) electrons. The molecule has 0 rings (SSSR count). The zero-order valence-electron chi connectivity index (χ0n) is 10.7. The molecular weight excluding hydrogens is 242 g/mol. The summed E-state index contributed by atoms with van der Waals surface area (Å²) in [6.45, 7) is 1.42. The van der Waals surface area contributed by atoms with Crippen LogP contribution in [0.15, 0.2) is 0 Å². The van der Waals surface area contributed by atoms with Crippen LogP contribution in [0.4, 0.5) is 0 Å². The van der Waals surface area contributed by atoms with Gasteiger partial charge in [-0.25, -0.2) is 5.06 Å². The molecule has 18 heavy (non-hydrogen) atoms. The van der Waals surface area contributed by atoms with E-state index >= 15 is 0 Å². The maximum absolute atomic E-state index is 11.8. The van der Waals surface area contributed by atoms with Gasteiger partial charge in [0.1, 0.15) is 0 Å². The number of hydrogen-bond acceptors (Lipinski definition) is 5. The number of hydrogen-bond donors (Lipinski definition) is 0. The number of methoxy groups -OCH3 is 1. The zero-order chi connectivity index (χ0) is 14.3. The molecule has 0 aromatic carbocycles. The molecule has 8 heteroatoms. The first-order chi connectivity index (χ1) is 8.38. The van der Waals surface area contributed by atoms with Gasteiger partial charge < -0.3 is 10.3 Å². The maximum atomic E-state index is 11.8. The van der Waals surface area contributed by atoms with E-state index in [1.807, 2.05) is 0 Å². The summed E-state index contributed by atoms with van der Waals surface area (Å²) in [4.78, 5) is 41.6. The first-order valence-corrected chi connectivity index (χ1v) is 5.04. The Balaban J connectivity index is 4.89. The summed E-state index contributed by atoms with van der Waals surface area (Å²) in [5.41, 5.74) is 8.00. The normalized spacial score (nSPS) is 11.1. The van der Waals surface area contributed by atoms with Gasteiger partial charge in [-0.05, 0) is 0 Å². The minimum Gasteiger partial charge on any atom is -0.469 e. The monoisotopic (exact) mass is 257 g/mol. The molecule has 8 nitrogen and oxygen atoms in total. The highest BCUT2D eigenvalue weighted by atomic mass is 16.7. The fourth-order valence-electron chi connectivity index (χ4n) is 1.09. The summed E-state index contributed by atoms with van der Waals surface area (Å²) in [5, 5.41) is 0.734. The SMILES string of the molecule is COC(=O)C[C@H](C)C(=O)C(=[N+]=[N-])C(=O)N(C)OC. The van der Waals surface area contributed by atoms with Gasteiger partial charge >= 0.3 is 17.6 Å². The summed E-state index contributed by atoms with van der Waals surface area (Å²) in [6, 6.07) is 0. The Morgan fingerprint density at radius 3 is 2.28 bits per heavy atom. The lowest BCUT2D eigenvalue weighted by molar-refractivity contribution is -0.165. The third-order valence-electron chi connectivity index (χ3n) is 2.24. The van der Waals surface area contributed by atoms with Gasteiger partial charge in [-0.3, -0.25) is 19.2 Å². The molecule has 0 bridgehead atoms. The molecule has 0 spiro atoms. The van der Waals surface area contributed by atoms with Gasteiger partial charge in [0, 0.05) is 13.0 Å². The van der Waals surface area contributed by atoms with Crippen molar-refractivity contribution in [1.82, 2.24) is 5.06 Å². The number of amides is 1. The van der Waals surface area contributed by atoms with Crippen LogP contribution in [0.3, 0.4) is 0 Å². The number of carbonyl (C=O) groups is 3. The van der Waals surface area contributed by atoms with Gasteiger partial charge in [0.15, 0.2) is 0 Å².